The van der Waals surface area contributed by atoms with E-state index in [1.807, 2.05) is 13.0 Å². The average Bonchev–Trinajstić information content (AvgIpc) is 2.59. The minimum atomic E-state index is 0.588. The van der Waals surface area contributed by atoms with Gasteiger partial charge in [-0.2, -0.15) is 0 Å². The van der Waals surface area contributed by atoms with Crippen molar-refractivity contribution in [3.8, 4) is 0 Å². The lowest BCUT2D eigenvalue weighted by atomic mass is 9.97. The zero-order valence-corrected chi connectivity index (χ0v) is 10.0. The molecule has 1 aliphatic rings. The molecular weight excluding hydrogens is 200 g/mol. The van der Waals surface area contributed by atoms with Crippen LogP contribution in [0, 0.1) is 6.92 Å². The van der Waals surface area contributed by atoms with Crippen LogP contribution in [0.15, 0.2) is 6.20 Å². The SMILES string of the molecule is Cc1nc(C2CCNCC2)n(C)c1/C=C\N. The molecule has 0 aromatic carbocycles. The maximum absolute atomic E-state index is 5.45. The second-order valence-corrected chi connectivity index (χ2v) is 4.38. The monoisotopic (exact) mass is 220 g/mol. The fourth-order valence-corrected chi connectivity index (χ4v) is 2.44. The summed E-state index contributed by atoms with van der Waals surface area (Å²) in [5.74, 6) is 1.79. The van der Waals surface area contributed by atoms with Gasteiger partial charge in [-0.3, -0.25) is 0 Å². The van der Waals surface area contributed by atoms with E-state index < -0.39 is 0 Å². The molecule has 0 bridgehead atoms. The summed E-state index contributed by atoms with van der Waals surface area (Å²) in [7, 11) is 2.08. The summed E-state index contributed by atoms with van der Waals surface area (Å²) in [4.78, 5) is 4.68. The van der Waals surface area contributed by atoms with Gasteiger partial charge in [-0.1, -0.05) is 0 Å². The summed E-state index contributed by atoms with van der Waals surface area (Å²) >= 11 is 0. The first-order valence-corrected chi connectivity index (χ1v) is 5.86. The number of nitrogens with zero attached hydrogens (tertiary/aromatic N) is 2. The molecule has 1 fully saturated rings. The molecule has 16 heavy (non-hydrogen) atoms. The van der Waals surface area contributed by atoms with Gasteiger partial charge in [-0.25, -0.2) is 4.98 Å². The van der Waals surface area contributed by atoms with Gasteiger partial charge in [0, 0.05) is 13.0 Å². The Morgan fingerprint density at radius 1 is 1.44 bits per heavy atom. The number of nitrogens with one attached hydrogen (secondary N) is 1. The Labute approximate surface area is 96.5 Å². The molecule has 88 valence electrons. The highest BCUT2D eigenvalue weighted by Gasteiger charge is 2.21. The van der Waals surface area contributed by atoms with Crippen LogP contribution in [0.1, 0.15) is 36.0 Å². The van der Waals surface area contributed by atoms with Crippen LogP contribution in [0.4, 0.5) is 0 Å². The Bertz CT molecular complexity index is 386. The minimum Gasteiger partial charge on any atom is -0.405 e. The zero-order chi connectivity index (χ0) is 11.5. The Balaban J connectivity index is 2.30. The molecule has 0 saturated carbocycles. The van der Waals surface area contributed by atoms with Crippen molar-refractivity contribution in [1.29, 1.82) is 0 Å². The van der Waals surface area contributed by atoms with Crippen molar-refractivity contribution in [2.75, 3.05) is 13.1 Å². The Morgan fingerprint density at radius 2 is 2.12 bits per heavy atom. The average molecular weight is 220 g/mol. The molecule has 1 aromatic heterocycles. The number of nitrogens with two attached hydrogens (primary N) is 1. The van der Waals surface area contributed by atoms with Crippen LogP contribution in [0.25, 0.3) is 6.08 Å². The molecule has 0 unspecified atom stereocenters. The fourth-order valence-electron chi connectivity index (χ4n) is 2.44. The molecule has 1 aromatic rings. The summed E-state index contributed by atoms with van der Waals surface area (Å²) in [6, 6.07) is 0. The normalized spacial score (nSPS) is 18.4. The minimum absolute atomic E-state index is 0.588. The molecule has 2 heterocycles. The number of aromatic nitrogens is 2. The van der Waals surface area contributed by atoms with E-state index in [-0.39, 0.29) is 0 Å². The smallest absolute Gasteiger partial charge is 0.112 e. The third-order valence-electron chi connectivity index (χ3n) is 3.32. The number of hydrogen-bond acceptors (Lipinski definition) is 3. The van der Waals surface area contributed by atoms with Crippen LogP contribution in [0.2, 0.25) is 0 Å². The van der Waals surface area contributed by atoms with Gasteiger partial charge < -0.3 is 15.6 Å². The van der Waals surface area contributed by atoms with Crippen LogP contribution < -0.4 is 11.1 Å². The van der Waals surface area contributed by atoms with Crippen molar-refractivity contribution in [3.05, 3.63) is 23.4 Å². The highest BCUT2D eigenvalue weighted by atomic mass is 15.1. The largest absolute Gasteiger partial charge is 0.405 e. The lowest BCUT2D eigenvalue weighted by molar-refractivity contribution is 0.437. The molecule has 3 N–H and O–H groups in total. The number of piperidine rings is 1. The second kappa shape index (κ2) is 4.70. The summed E-state index contributed by atoms with van der Waals surface area (Å²) in [6.07, 6.45) is 5.86. The van der Waals surface area contributed by atoms with Crippen LogP contribution in [0.3, 0.4) is 0 Å². The molecule has 0 amide bonds. The Hall–Kier alpha value is -1.29. The van der Waals surface area contributed by atoms with E-state index in [0.29, 0.717) is 5.92 Å². The van der Waals surface area contributed by atoms with E-state index in [4.69, 9.17) is 5.73 Å². The van der Waals surface area contributed by atoms with Crippen LogP contribution in [-0.2, 0) is 7.05 Å². The molecule has 2 rings (SSSR count). The third kappa shape index (κ3) is 1.97. The highest BCUT2D eigenvalue weighted by molar-refractivity contribution is 5.48. The van der Waals surface area contributed by atoms with Crippen molar-refractivity contribution in [1.82, 2.24) is 14.9 Å². The first-order valence-electron chi connectivity index (χ1n) is 5.86. The van der Waals surface area contributed by atoms with E-state index >= 15 is 0 Å². The van der Waals surface area contributed by atoms with E-state index in [0.717, 1.165) is 24.5 Å². The molecule has 1 saturated heterocycles. The number of aryl methyl sites for hydroxylation is 1. The second-order valence-electron chi connectivity index (χ2n) is 4.38. The van der Waals surface area contributed by atoms with E-state index in [1.54, 1.807) is 6.20 Å². The fraction of sp³-hybridized carbons (Fsp3) is 0.583. The van der Waals surface area contributed by atoms with Gasteiger partial charge in [-0.15, -0.1) is 0 Å². The van der Waals surface area contributed by atoms with Gasteiger partial charge in [0.05, 0.1) is 11.4 Å². The molecule has 4 heteroatoms. The Morgan fingerprint density at radius 3 is 2.75 bits per heavy atom. The van der Waals surface area contributed by atoms with E-state index in [1.165, 1.54) is 18.7 Å². The molecule has 0 aliphatic carbocycles. The van der Waals surface area contributed by atoms with Crippen molar-refractivity contribution in [3.63, 3.8) is 0 Å². The lowest BCUT2D eigenvalue weighted by Crippen LogP contribution is -2.27. The summed E-state index contributed by atoms with van der Waals surface area (Å²) < 4.78 is 2.18. The van der Waals surface area contributed by atoms with Crippen LogP contribution >= 0.6 is 0 Å². The highest BCUT2D eigenvalue weighted by Crippen LogP contribution is 2.26. The summed E-state index contributed by atoms with van der Waals surface area (Å²) in [5, 5.41) is 3.38. The lowest BCUT2D eigenvalue weighted by Gasteiger charge is -2.22. The molecule has 0 radical (unpaired) electrons. The molecule has 0 atom stereocenters. The number of imidazole rings is 1. The third-order valence-corrected chi connectivity index (χ3v) is 3.32. The predicted octanol–water partition coefficient (Wildman–Crippen LogP) is 1.12. The van der Waals surface area contributed by atoms with Gasteiger partial charge in [0.15, 0.2) is 0 Å². The van der Waals surface area contributed by atoms with Gasteiger partial charge >= 0.3 is 0 Å². The molecule has 0 spiro atoms. The number of hydrogen-bond donors (Lipinski definition) is 2. The van der Waals surface area contributed by atoms with Crippen molar-refractivity contribution < 1.29 is 0 Å². The van der Waals surface area contributed by atoms with Crippen molar-refractivity contribution in [2.45, 2.75) is 25.7 Å². The quantitative estimate of drug-likeness (QED) is 0.785. The first kappa shape index (κ1) is 11.2. The zero-order valence-electron chi connectivity index (χ0n) is 10.0. The molecular formula is C12H20N4. The van der Waals surface area contributed by atoms with Gasteiger partial charge in [0.25, 0.3) is 0 Å². The summed E-state index contributed by atoms with van der Waals surface area (Å²) in [5.41, 5.74) is 7.64. The number of rotatable bonds is 2. The maximum atomic E-state index is 5.45. The molecule has 1 aliphatic heterocycles. The van der Waals surface area contributed by atoms with E-state index in [9.17, 15) is 0 Å². The van der Waals surface area contributed by atoms with Gasteiger partial charge in [-0.05, 0) is 45.1 Å². The van der Waals surface area contributed by atoms with Crippen molar-refractivity contribution in [2.24, 2.45) is 12.8 Å². The maximum Gasteiger partial charge on any atom is 0.112 e. The Kier molecular flexibility index (Phi) is 3.29. The van der Waals surface area contributed by atoms with Crippen molar-refractivity contribution >= 4 is 6.08 Å². The van der Waals surface area contributed by atoms with Crippen LogP contribution in [0.5, 0.6) is 0 Å². The van der Waals surface area contributed by atoms with E-state index in [2.05, 4.69) is 21.9 Å². The topological polar surface area (TPSA) is 55.9 Å². The van der Waals surface area contributed by atoms with Gasteiger partial charge in [0.1, 0.15) is 5.82 Å². The predicted molar refractivity (Wildman–Crippen MR) is 66.0 cm³/mol. The van der Waals surface area contributed by atoms with Gasteiger partial charge in [0.2, 0.25) is 0 Å². The summed E-state index contributed by atoms with van der Waals surface area (Å²) in [6.45, 7) is 4.23. The standard InChI is InChI=1S/C12H20N4/c1-9-11(3-6-13)16(2)12(15-9)10-4-7-14-8-5-10/h3,6,10,14H,4-5,7-8,13H2,1-2H3/b6-3-. The molecule has 4 nitrogen and oxygen atoms in total. The first-order chi connectivity index (χ1) is 7.74. The van der Waals surface area contributed by atoms with Crippen LogP contribution in [-0.4, -0.2) is 22.6 Å².